The zero-order valence-corrected chi connectivity index (χ0v) is 18.5. The third kappa shape index (κ3) is 8.12. The normalized spacial score (nSPS) is 11.3. The number of carboxylic acid groups (broad SMARTS) is 1. The lowest BCUT2D eigenvalue weighted by molar-refractivity contribution is -0.139. The highest BCUT2D eigenvalue weighted by molar-refractivity contribution is 5.66. The molecule has 3 aromatic rings. The molecule has 3 rings (SSSR count). The highest BCUT2D eigenvalue weighted by atomic mass is 19.4. The molecule has 0 aromatic heterocycles. The lowest BCUT2D eigenvalue weighted by Gasteiger charge is -2.16. The molecule has 180 valence electrons. The maximum Gasteiger partial charge on any atom is 0.419 e. The van der Waals surface area contributed by atoms with Crippen LogP contribution >= 0.6 is 0 Å². The minimum atomic E-state index is -4.57. The molecule has 0 unspecified atom stereocenters. The van der Waals surface area contributed by atoms with E-state index in [1.807, 2.05) is 30.3 Å². The Labute approximate surface area is 196 Å². The van der Waals surface area contributed by atoms with Crippen molar-refractivity contribution in [3.05, 3.63) is 95.1 Å². The number of carbonyl (C=O) groups is 1. The molecule has 34 heavy (non-hydrogen) atoms. The third-order valence-corrected chi connectivity index (χ3v) is 4.96. The molecule has 0 bridgehead atoms. The van der Waals surface area contributed by atoms with Gasteiger partial charge in [-0.25, -0.2) is 0 Å². The molecule has 0 fully saturated rings. The van der Waals surface area contributed by atoms with E-state index in [0.29, 0.717) is 36.4 Å². The molecule has 0 heterocycles. The molecule has 0 aliphatic carbocycles. The molecule has 5 nitrogen and oxygen atoms in total. The van der Waals surface area contributed by atoms with Crippen molar-refractivity contribution in [3.63, 3.8) is 0 Å². The molecule has 0 radical (unpaired) electrons. The second kappa shape index (κ2) is 12.1. The Morgan fingerprint density at radius 1 is 0.853 bits per heavy atom. The molecule has 0 aliphatic rings. The number of ether oxygens (including phenoxy) is 2. The van der Waals surface area contributed by atoms with Crippen LogP contribution in [-0.2, 0) is 30.7 Å². The SMILES string of the molecule is O=C(O)CCCNCc1ccc(OCc2cccc(OCc3ccccc3)c2)c(C(F)(F)F)c1. The number of rotatable bonds is 12. The molecule has 8 heteroatoms. The Bertz CT molecular complexity index is 1070. The second-order valence-corrected chi connectivity index (χ2v) is 7.71. The van der Waals surface area contributed by atoms with E-state index in [1.165, 1.54) is 6.07 Å². The van der Waals surface area contributed by atoms with Gasteiger partial charge < -0.3 is 19.9 Å². The van der Waals surface area contributed by atoms with E-state index in [0.717, 1.165) is 11.6 Å². The summed E-state index contributed by atoms with van der Waals surface area (Å²) in [7, 11) is 0. The van der Waals surface area contributed by atoms with Crippen LogP contribution in [-0.4, -0.2) is 17.6 Å². The first-order valence-electron chi connectivity index (χ1n) is 10.8. The molecular weight excluding hydrogens is 447 g/mol. The van der Waals surface area contributed by atoms with Crippen molar-refractivity contribution in [1.29, 1.82) is 0 Å². The summed E-state index contributed by atoms with van der Waals surface area (Å²) in [5, 5.41) is 11.6. The molecule has 2 N–H and O–H groups in total. The summed E-state index contributed by atoms with van der Waals surface area (Å²) in [5.41, 5.74) is 1.28. The summed E-state index contributed by atoms with van der Waals surface area (Å²) in [6.45, 7) is 0.936. The van der Waals surface area contributed by atoms with Crippen molar-refractivity contribution in [3.8, 4) is 11.5 Å². The van der Waals surface area contributed by atoms with E-state index in [2.05, 4.69) is 5.32 Å². The molecule has 0 amide bonds. The second-order valence-electron chi connectivity index (χ2n) is 7.71. The summed E-state index contributed by atoms with van der Waals surface area (Å²) < 4.78 is 52.2. The minimum absolute atomic E-state index is 0.00603. The third-order valence-electron chi connectivity index (χ3n) is 4.96. The Morgan fingerprint density at radius 3 is 2.32 bits per heavy atom. The number of carboxylic acids is 1. The van der Waals surface area contributed by atoms with Crippen LogP contribution in [0.2, 0.25) is 0 Å². The van der Waals surface area contributed by atoms with Gasteiger partial charge in [0.1, 0.15) is 24.7 Å². The van der Waals surface area contributed by atoms with Crippen molar-refractivity contribution in [2.45, 2.75) is 38.8 Å². The van der Waals surface area contributed by atoms with E-state index in [4.69, 9.17) is 14.6 Å². The maximum absolute atomic E-state index is 13.6. The molecule has 0 saturated heterocycles. The van der Waals surface area contributed by atoms with Gasteiger partial charge >= 0.3 is 12.1 Å². The predicted octanol–water partition coefficient (Wildman–Crippen LogP) is 5.82. The largest absolute Gasteiger partial charge is 0.489 e. The van der Waals surface area contributed by atoms with Gasteiger partial charge in [0.2, 0.25) is 0 Å². The van der Waals surface area contributed by atoms with Crippen LogP contribution in [0.1, 0.15) is 35.1 Å². The van der Waals surface area contributed by atoms with Crippen molar-refractivity contribution < 1.29 is 32.5 Å². The highest BCUT2D eigenvalue weighted by Crippen LogP contribution is 2.37. The summed E-state index contributed by atoms with van der Waals surface area (Å²) in [4.78, 5) is 10.5. The zero-order valence-electron chi connectivity index (χ0n) is 18.5. The molecule has 0 aliphatic heterocycles. The monoisotopic (exact) mass is 473 g/mol. The molecule has 3 aromatic carbocycles. The number of halogens is 3. The first-order valence-corrected chi connectivity index (χ1v) is 10.8. The highest BCUT2D eigenvalue weighted by Gasteiger charge is 2.34. The Balaban J connectivity index is 1.60. The van der Waals surface area contributed by atoms with Crippen LogP contribution in [0.5, 0.6) is 11.5 Å². The van der Waals surface area contributed by atoms with E-state index in [1.54, 1.807) is 30.3 Å². The molecule has 0 atom stereocenters. The average molecular weight is 473 g/mol. The Morgan fingerprint density at radius 2 is 1.59 bits per heavy atom. The number of benzene rings is 3. The van der Waals surface area contributed by atoms with Gasteiger partial charge in [0.25, 0.3) is 0 Å². The van der Waals surface area contributed by atoms with E-state index in [9.17, 15) is 18.0 Å². The number of alkyl halides is 3. The van der Waals surface area contributed by atoms with Gasteiger partial charge in [-0.15, -0.1) is 0 Å². The van der Waals surface area contributed by atoms with E-state index < -0.39 is 17.7 Å². The van der Waals surface area contributed by atoms with Crippen LogP contribution in [0.3, 0.4) is 0 Å². The summed E-state index contributed by atoms with van der Waals surface area (Å²) in [5.74, 6) is -0.556. The van der Waals surface area contributed by atoms with Gasteiger partial charge in [-0.1, -0.05) is 48.5 Å². The lowest BCUT2D eigenvalue weighted by Crippen LogP contribution is -2.17. The van der Waals surface area contributed by atoms with Crippen LogP contribution in [0.4, 0.5) is 13.2 Å². The lowest BCUT2D eigenvalue weighted by atomic mass is 10.1. The smallest absolute Gasteiger partial charge is 0.419 e. The van der Waals surface area contributed by atoms with Gasteiger partial charge in [0, 0.05) is 13.0 Å². The van der Waals surface area contributed by atoms with Gasteiger partial charge in [0.15, 0.2) is 0 Å². The minimum Gasteiger partial charge on any atom is -0.489 e. The molecular formula is C26H26F3NO4. The fourth-order valence-electron chi connectivity index (χ4n) is 3.26. The van der Waals surface area contributed by atoms with Crippen molar-refractivity contribution >= 4 is 5.97 Å². The van der Waals surface area contributed by atoms with Gasteiger partial charge in [-0.2, -0.15) is 13.2 Å². The zero-order chi connectivity index (χ0) is 24.4. The first kappa shape index (κ1) is 25.1. The molecule has 0 saturated carbocycles. The van der Waals surface area contributed by atoms with Crippen LogP contribution in [0, 0.1) is 0 Å². The summed E-state index contributed by atoms with van der Waals surface area (Å²) >= 11 is 0. The quantitative estimate of drug-likeness (QED) is 0.325. The number of aliphatic carboxylic acids is 1. The van der Waals surface area contributed by atoms with Gasteiger partial charge in [0.05, 0.1) is 5.56 Å². The van der Waals surface area contributed by atoms with Crippen LogP contribution in [0.15, 0.2) is 72.8 Å². The fraction of sp³-hybridized carbons (Fsp3) is 0.269. The summed E-state index contributed by atoms with van der Waals surface area (Å²) in [6, 6.07) is 20.6. The van der Waals surface area contributed by atoms with E-state index in [-0.39, 0.29) is 25.3 Å². The van der Waals surface area contributed by atoms with E-state index >= 15 is 0 Å². The Hall–Kier alpha value is -3.52. The first-order chi connectivity index (χ1) is 16.3. The van der Waals surface area contributed by atoms with Crippen LogP contribution < -0.4 is 14.8 Å². The predicted molar refractivity (Wildman–Crippen MR) is 122 cm³/mol. The van der Waals surface area contributed by atoms with Crippen LogP contribution in [0.25, 0.3) is 0 Å². The van der Waals surface area contributed by atoms with Crippen molar-refractivity contribution in [2.24, 2.45) is 0 Å². The number of hydrogen-bond donors (Lipinski definition) is 2. The molecule has 0 spiro atoms. The maximum atomic E-state index is 13.6. The van der Waals surface area contributed by atoms with Gasteiger partial charge in [-0.05, 0) is 53.9 Å². The summed E-state index contributed by atoms with van der Waals surface area (Å²) in [6.07, 6.45) is -4.17. The fourth-order valence-corrected chi connectivity index (χ4v) is 3.26. The number of hydrogen-bond acceptors (Lipinski definition) is 4. The topological polar surface area (TPSA) is 67.8 Å². The Kier molecular flexibility index (Phi) is 8.93. The average Bonchev–Trinajstić information content (AvgIpc) is 2.82. The van der Waals surface area contributed by atoms with Crippen molar-refractivity contribution in [2.75, 3.05) is 6.54 Å². The van der Waals surface area contributed by atoms with Crippen molar-refractivity contribution in [1.82, 2.24) is 5.32 Å². The number of nitrogens with one attached hydrogen (secondary N) is 1. The standard InChI is InChI=1S/C26H26F3NO4/c27-26(28,29)23-15-20(16-30-13-5-10-25(31)32)11-12-24(23)34-18-21-8-4-9-22(14-21)33-17-19-6-2-1-3-7-19/h1-4,6-9,11-12,14-15,30H,5,10,13,16-18H2,(H,31,32). The van der Waals surface area contributed by atoms with Gasteiger partial charge in [-0.3, -0.25) is 4.79 Å².